The van der Waals surface area contributed by atoms with Crippen molar-refractivity contribution in [3.8, 4) is 0 Å². The molecular weight excluding hydrogens is 398 g/mol. The van der Waals surface area contributed by atoms with Crippen LogP contribution >= 0.6 is 11.6 Å². The van der Waals surface area contributed by atoms with Gasteiger partial charge in [-0.25, -0.2) is 4.99 Å². The molecule has 2 aliphatic heterocycles. The number of rotatable bonds is 3. The topological polar surface area (TPSA) is 82.3 Å². The van der Waals surface area contributed by atoms with E-state index in [1.54, 1.807) is 60.8 Å². The SMILES string of the molecule is Cc1ccc(S(=O)(=O)N=C2N=C3C=CC=CN3C2(O)c2ccccc2Cl)cc1. The molecule has 2 heterocycles. The van der Waals surface area contributed by atoms with Crippen LogP contribution in [0.5, 0.6) is 0 Å². The molecular formula is C20H16ClN3O3S. The number of nitrogens with zero attached hydrogens (tertiary/aromatic N) is 3. The monoisotopic (exact) mass is 413 g/mol. The van der Waals surface area contributed by atoms with Crippen molar-refractivity contribution < 1.29 is 13.5 Å². The Morgan fingerprint density at radius 2 is 1.82 bits per heavy atom. The van der Waals surface area contributed by atoms with E-state index in [1.807, 2.05) is 6.92 Å². The van der Waals surface area contributed by atoms with Crippen LogP contribution in [0, 0.1) is 6.92 Å². The molecule has 0 aliphatic carbocycles. The molecule has 0 aromatic heterocycles. The van der Waals surface area contributed by atoms with Gasteiger partial charge in [0, 0.05) is 16.8 Å². The Hall–Kier alpha value is -2.74. The molecule has 2 aromatic carbocycles. The van der Waals surface area contributed by atoms with E-state index in [1.165, 1.54) is 17.0 Å². The highest BCUT2D eigenvalue weighted by atomic mass is 35.5. The van der Waals surface area contributed by atoms with Gasteiger partial charge < -0.3 is 5.11 Å². The number of halogens is 1. The lowest BCUT2D eigenvalue weighted by atomic mass is 10.0. The summed E-state index contributed by atoms with van der Waals surface area (Å²) in [5, 5.41) is 11.9. The molecule has 2 aromatic rings. The van der Waals surface area contributed by atoms with Crippen molar-refractivity contribution >= 4 is 33.3 Å². The number of allylic oxidation sites excluding steroid dienone is 2. The van der Waals surface area contributed by atoms with E-state index in [-0.39, 0.29) is 21.3 Å². The molecule has 6 nitrogen and oxygen atoms in total. The number of fused-ring (bicyclic) bond motifs is 1. The largest absolute Gasteiger partial charge is 0.360 e. The van der Waals surface area contributed by atoms with Crippen molar-refractivity contribution in [3.63, 3.8) is 0 Å². The van der Waals surface area contributed by atoms with Gasteiger partial charge in [0.05, 0.1) is 4.90 Å². The molecule has 8 heteroatoms. The molecule has 0 amide bonds. The van der Waals surface area contributed by atoms with Crippen molar-refractivity contribution in [1.82, 2.24) is 4.90 Å². The molecule has 0 fully saturated rings. The summed E-state index contributed by atoms with van der Waals surface area (Å²) in [4.78, 5) is 5.73. The summed E-state index contributed by atoms with van der Waals surface area (Å²) < 4.78 is 29.6. The van der Waals surface area contributed by atoms with Crippen LogP contribution in [0.2, 0.25) is 5.02 Å². The van der Waals surface area contributed by atoms with Crippen molar-refractivity contribution in [3.05, 3.63) is 89.1 Å². The molecule has 0 saturated heterocycles. The van der Waals surface area contributed by atoms with Crippen molar-refractivity contribution in [2.45, 2.75) is 17.5 Å². The van der Waals surface area contributed by atoms with Crippen LogP contribution in [0.15, 0.2) is 87.2 Å². The fraction of sp³-hybridized carbons (Fsp3) is 0.100. The molecule has 2 aliphatic rings. The van der Waals surface area contributed by atoms with Gasteiger partial charge in [0.25, 0.3) is 10.0 Å². The lowest BCUT2D eigenvalue weighted by Crippen LogP contribution is -2.46. The Morgan fingerprint density at radius 1 is 1.11 bits per heavy atom. The fourth-order valence-electron chi connectivity index (χ4n) is 3.05. The first-order chi connectivity index (χ1) is 13.3. The fourth-order valence-corrected chi connectivity index (χ4v) is 4.30. The van der Waals surface area contributed by atoms with E-state index in [0.29, 0.717) is 5.84 Å². The van der Waals surface area contributed by atoms with E-state index in [2.05, 4.69) is 9.39 Å². The maximum absolute atomic E-state index is 12.9. The highest BCUT2D eigenvalue weighted by Gasteiger charge is 2.49. The Labute approximate surface area is 167 Å². The maximum Gasteiger partial charge on any atom is 0.284 e. The number of aliphatic hydroxyl groups is 1. The number of hydrogen-bond acceptors (Lipinski definition) is 4. The number of benzene rings is 2. The number of aliphatic imine (C=N–C) groups is 1. The lowest BCUT2D eigenvalue weighted by molar-refractivity contribution is 0.0223. The van der Waals surface area contributed by atoms with Gasteiger partial charge in [-0.05, 0) is 37.3 Å². The van der Waals surface area contributed by atoms with Gasteiger partial charge in [0.2, 0.25) is 11.6 Å². The lowest BCUT2D eigenvalue weighted by Gasteiger charge is -2.33. The van der Waals surface area contributed by atoms with Gasteiger partial charge in [-0.1, -0.05) is 53.6 Å². The average Bonchev–Trinajstić information content (AvgIpc) is 2.95. The summed E-state index contributed by atoms with van der Waals surface area (Å²) in [6, 6.07) is 13.0. The standard InChI is InChI=1S/C20H16ClN3O3S/c1-14-9-11-15(12-10-14)28(26,27)23-19-20(25,16-6-2-3-7-17(16)21)24-13-5-4-8-18(24)22-19/h2-13,25H,1H3. The van der Waals surface area contributed by atoms with Gasteiger partial charge >= 0.3 is 0 Å². The van der Waals surface area contributed by atoms with Crippen molar-refractivity contribution in [2.24, 2.45) is 9.39 Å². The predicted molar refractivity (Wildman–Crippen MR) is 109 cm³/mol. The minimum absolute atomic E-state index is 0.0169. The Morgan fingerprint density at radius 3 is 2.54 bits per heavy atom. The predicted octanol–water partition coefficient (Wildman–Crippen LogP) is 3.38. The second kappa shape index (κ2) is 6.70. The first-order valence-electron chi connectivity index (χ1n) is 8.45. The molecule has 142 valence electrons. The van der Waals surface area contributed by atoms with Gasteiger partial charge in [-0.2, -0.15) is 8.42 Å². The molecule has 0 bridgehead atoms. The van der Waals surface area contributed by atoms with E-state index in [9.17, 15) is 13.5 Å². The van der Waals surface area contributed by atoms with Crippen LogP contribution in [-0.2, 0) is 15.7 Å². The molecule has 1 N–H and O–H groups in total. The zero-order valence-corrected chi connectivity index (χ0v) is 16.4. The first kappa shape index (κ1) is 18.6. The minimum Gasteiger partial charge on any atom is -0.360 e. The molecule has 0 radical (unpaired) electrons. The summed E-state index contributed by atoms with van der Waals surface area (Å²) in [5.41, 5.74) is -0.743. The second-order valence-electron chi connectivity index (χ2n) is 6.40. The summed E-state index contributed by atoms with van der Waals surface area (Å²) in [7, 11) is -4.09. The van der Waals surface area contributed by atoms with E-state index in [0.717, 1.165) is 5.56 Å². The molecule has 4 rings (SSSR count). The second-order valence-corrected chi connectivity index (χ2v) is 8.41. The van der Waals surface area contributed by atoms with Gasteiger partial charge in [-0.15, -0.1) is 4.40 Å². The molecule has 1 atom stereocenters. The first-order valence-corrected chi connectivity index (χ1v) is 10.3. The summed E-state index contributed by atoms with van der Waals surface area (Å²) in [6.45, 7) is 1.86. The van der Waals surface area contributed by atoms with Crippen LogP contribution in [-0.4, -0.2) is 30.1 Å². The van der Waals surface area contributed by atoms with Gasteiger partial charge in [-0.3, -0.25) is 4.90 Å². The zero-order valence-electron chi connectivity index (χ0n) is 14.8. The third kappa shape index (κ3) is 2.97. The summed E-state index contributed by atoms with van der Waals surface area (Å²) in [6.07, 6.45) is 6.70. The smallest absolute Gasteiger partial charge is 0.284 e. The Balaban J connectivity index is 1.91. The van der Waals surface area contributed by atoms with Crippen molar-refractivity contribution in [1.29, 1.82) is 0 Å². The molecule has 1 unspecified atom stereocenters. The minimum atomic E-state index is -4.09. The van der Waals surface area contributed by atoms with Crippen LogP contribution in [0.3, 0.4) is 0 Å². The number of amidine groups is 2. The van der Waals surface area contributed by atoms with E-state index >= 15 is 0 Å². The maximum atomic E-state index is 12.9. The van der Waals surface area contributed by atoms with E-state index in [4.69, 9.17) is 11.6 Å². The third-order valence-corrected chi connectivity index (χ3v) is 6.10. The van der Waals surface area contributed by atoms with Crippen LogP contribution in [0.1, 0.15) is 11.1 Å². The molecule has 0 spiro atoms. The average molecular weight is 414 g/mol. The van der Waals surface area contributed by atoms with Crippen LogP contribution in [0.4, 0.5) is 0 Å². The van der Waals surface area contributed by atoms with Gasteiger partial charge in [0.15, 0.2) is 0 Å². The number of sulfonamides is 1. The van der Waals surface area contributed by atoms with Crippen LogP contribution in [0.25, 0.3) is 0 Å². The highest BCUT2D eigenvalue weighted by Crippen LogP contribution is 2.39. The summed E-state index contributed by atoms with van der Waals surface area (Å²) >= 11 is 6.31. The van der Waals surface area contributed by atoms with Gasteiger partial charge in [0.1, 0.15) is 5.84 Å². The van der Waals surface area contributed by atoms with Crippen LogP contribution < -0.4 is 0 Å². The quantitative estimate of drug-likeness (QED) is 0.836. The highest BCUT2D eigenvalue weighted by molar-refractivity contribution is 7.90. The van der Waals surface area contributed by atoms with Crippen molar-refractivity contribution in [2.75, 3.05) is 0 Å². The van der Waals surface area contributed by atoms with E-state index < -0.39 is 15.7 Å². The zero-order chi connectivity index (χ0) is 19.9. The normalized spacial score (nSPS) is 22.5. The Bertz CT molecular complexity index is 1170. The third-order valence-electron chi connectivity index (χ3n) is 4.49. The summed E-state index contributed by atoms with van der Waals surface area (Å²) in [5.74, 6) is 0.0927. The Kier molecular flexibility index (Phi) is 4.45. The number of aryl methyl sites for hydroxylation is 1. The molecule has 28 heavy (non-hydrogen) atoms. The molecule has 0 saturated carbocycles. The number of hydrogen-bond donors (Lipinski definition) is 1.